The number of rotatable bonds is 19. The van der Waals surface area contributed by atoms with Crippen molar-refractivity contribution < 1.29 is 120 Å². The van der Waals surface area contributed by atoms with Gasteiger partial charge in [0.05, 0.1) is 53.9 Å². The van der Waals surface area contributed by atoms with Crippen LogP contribution in [-0.2, 0) is 95.3 Å². The second-order valence-corrected chi connectivity index (χ2v) is 32.1. The molecule has 4 N–H and O–H groups in total. The minimum atomic E-state index is -2.63. The van der Waals surface area contributed by atoms with E-state index in [1.54, 1.807) is 101 Å². The topological polar surface area (TPSA) is 362 Å². The normalized spacial score (nSPS) is 32.2. The number of amides is 1. The first-order valence-corrected chi connectivity index (χ1v) is 36.4. The van der Waals surface area contributed by atoms with Gasteiger partial charge in [-0.25, -0.2) is 19.2 Å². The molecule has 26 nitrogen and oxygen atoms in total. The zero-order valence-corrected chi connectivity index (χ0v) is 63.7. The molecular weight excluding hydrogens is 1400 g/mol. The predicted molar refractivity (Wildman–Crippen MR) is 383 cm³/mol. The molecule has 582 valence electrons. The number of ketones is 1. The lowest BCUT2D eigenvalue weighted by atomic mass is 9.44. The van der Waals surface area contributed by atoms with Crippen LogP contribution in [0.4, 0.5) is 4.79 Å². The van der Waals surface area contributed by atoms with Crippen molar-refractivity contribution in [2.45, 2.75) is 239 Å². The van der Waals surface area contributed by atoms with Crippen LogP contribution >= 0.6 is 0 Å². The van der Waals surface area contributed by atoms with E-state index in [9.17, 15) is 58.5 Å². The Morgan fingerprint density at radius 2 is 1.25 bits per heavy atom. The summed E-state index contributed by atoms with van der Waals surface area (Å²) >= 11 is 0. The van der Waals surface area contributed by atoms with Crippen LogP contribution in [0.25, 0.3) is 6.08 Å². The van der Waals surface area contributed by atoms with Crippen molar-refractivity contribution in [1.29, 1.82) is 0 Å². The molecule has 10 rings (SSSR count). The van der Waals surface area contributed by atoms with E-state index in [1.807, 2.05) is 19.9 Å². The van der Waals surface area contributed by atoms with Gasteiger partial charge in [0.2, 0.25) is 0 Å². The average Bonchev–Trinajstić information content (AvgIpc) is 0.669. The number of aliphatic hydroxyl groups excluding tert-OH is 2. The van der Waals surface area contributed by atoms with Crippen LogP contribution in [0.2, 0.25) is 0 Å². The maximum absolute atomic E-state index is 16.6. The number of fused-ring (bicyclic) bond motifs is 8. The Balaban J connectivity index is 1.02. The maximum atomic E-state index is 16.6. The number of hydrogen-bond acceptors (Lipinski definition) is 25. The molecule has 108 heavy (non-hydrogen) atoms. The smallest absolute Gasteiger partial charge is 0.408 e. The van der Waals surface area contributed by atoms with Crippen molar-refractivity contribution in [2.24, 2.45) is 39.4 Å². The van der Waals surface area contributed by atoms with Crippen LogP contribution in [-0.4, -0.2) is 171 Å². The summed E-state index contributed by atoms with van der Waals surface area (Å²) in [5.74, 6) is -12.7. The molecule has 1 saturated heterocycles. The summed E-state index contributed by atoms with van der Waals surface area (Å²) in [6, 6.07) is 23.0. The van der Waals surface area contributed by atoms with E-state index in [0.29, 0.717) is 16.7 Å². The van der Waals surface area contributed by atoms with Crippen molar-refractivity contribution in [3.63, 3.8) is 0 Å². The Hall–Kier alpha value is -9.37. The van der Waals surface area contributed by atoms with Gasteiger partial charge in [-0.2, -0.15) is 0 Å². The fourth-order valence-electron chi connectivity index (χ4n) is 18.1. The Labute approximate surface area is 627 Å². The molecule has 1 heterocycles. The van der Waals surface area contributed by atoms with Gasteiger partial charge >= 0.3 is 59.8 Å². The first kappa shape index (κ1) is 81.2. The minimum Gasteiger partial charge on any atom is -0.462 e. The van der Waals surface area contributed by atoms with E-state index in [0.717, 1.165) is 12.5 Å². The Morgan fingerprint density at radius 3 is 1.82 bits per heavy atom. The zero-order valence-electron chi connectivity index (χ0n) is 63.7. The van der Waals surface area contributed by atoms with E-state index < -0.39 is 221 Å². The summed E-state index contributed by atoms with van der Waals surface area (Å²) in [4.78, 5) is 157. The highest BCUT2D eigenvalue weighted by Gasteiger charge is 2.79. The third-order valence-electron chi connectivity index (χ3n) is 23.5. The molecule has 0 aromatic heterocycles. The molecule has 5 fully saturated rings. The fourth-order valence-corrected chi connectivity index (χ4v) is 18.1. The highest BCUT2D eigenvalue weighted by Crippen LogP contribution is 2.66. The summed E-state index contributed by atoms with van der Waals surface area (Å²) in [5, 5.41) is 41.7. The standard InChI is InChI=1S/C82H99NO25/c1-42-53-36-52-37-54(43(2)63(77(52,11)12)68(100-46(5)85)71(101-47(6)86)79(53,15)58(99-45(4)84)38-55(42)103-60(89)33-32-49-26-20-17-21-27-49)102-61(90)34-35-62(91)105-67-64-44(3)56(104-74(95)66(92)65(50-28-22-18-23-29-50)83-75(96)108-76(8,9)10)40-82(97,78(64,13)14)72(106-73(94)51-30-24-19-25-31-51)69-80(16,70(67)93)57(88)39-59-81(69,41-98-59)107-48(7)87/h17-33,52-59,65-69,71-72,88,92,97H,1,34-41H2,2-16H3,(H,83,96)/b33-32-/t52-,53-,54+,55+,56+,57+,58+,59-,65+,66-,67-,68-,69+,71+,72+,79+,80-,81+,82-/m1/s1. The van der Waals surface area contributed by atoms with Gasteiger partial charge in [0.1, 0.15) is 47.8 Å². The number of carbonyl (C=O) groups is 11. The lowest BCUT2D eigenvalue weighted by Crippen LogP contribution is -2.82. The number of ether oxygens (including phenoxy) is 11. The molecule has 4 bridgehead atoms. The molecule has 0 radical (unpaired) electrons. The molecule has 26 heteroatoms. The summed E-state index contributed by atoms with van der Waals surface area (Å²) in [5.41, 5.74) is -10.4. The van der Waals surface area contributed by atoms with Crippen LogP contribution in [0.15, 0.2) is 132 Å². The molecule has 0 spiro atoms. The van der Waals surface area contributed by atoms with Gasteiger partial charge in [0.25, 0.3) is 0 Å². The van der Waals surface area contributed by atoms with Gasteiger partial charge in [-0.05, 0) is 129 Å². The number of benzene rings is 3. The lowest BCUT2D eigenvalue weighted by Gasteiger charge is -2.67. The second kappa shape index (κ2) is 30.9. The van der Waals surface area contributed by atoms with Crippen molar-refractivity contribution in [3.8, 4) is 0 Å². The number of aliphatic hydroxyl groups is 3. The number of esters is 9. The van der Waals surface area contributed by atoms with E-state index >= 15 is 9.59 Å². The molecular formula is C82H99NO25. The molecule has 1 amide bonds. The molecule has 7 aliphatic rings. The number of carbonyl (C=O) groups excluding carboxylic acids is 11. The molecule has 19 atom stereocenters. The average molecular weight is 1500 g/mol. The summed E-state index contributed by atoms with van der Waals surface area (Å²) in [7, 11) is 0. The van der Waals surface area contributed by atoms with Crippen molar-refractivity contribution in [1.82, 2.24) is 5.32 Å². The molecule has 3 aromatic carbocycles. The summed E-state index contributed by atoms with van der Waals surface area (Å²) in [6.45, 7) is 26.5. The molecule has 6 aliphatic carbocycles. The Kier molecular flexibility index (Phi) is 23.3. The highest BCUT2D eigenvalue weighted by molar-refractivity contribution is 5.96. The zero-order chi connectivity index (χ0) is 79.3. The monoisotopic (exact) mass is 1500 g/mol. The highest BCUT2D eigenvalue weighted by atomic mass is 16.6. The van der Waals surface area contributed by atoms with Gasteiger partial charge in [-0.3, -0.25) is 33.6 Å². The third kappa shape index (κ3) is 15.5. The Morgan fingerprint density at radius 1 is 0.667 bits per heavy atom. The molecule has 3 aromatic rings. The molecule has 0 unspecified atom stereocenters. The fraction of sp³-hybridized carbons (Fsp3) is 0.549. The van der Waals surface area contributed by atoms with Crippen LogP contribution in [0, 0.1) is 39.4 Å². The van der Waals surface area contributed by atoms with Crippen molar-refractivity contribution in [3.05, 3.63) is 148 Å². The van der Waals surface area contributed by atoms with Gasteiger partial charge < -0.3 is 72.7 Å². The molecule has 4 saturated carbocycles. The van der Waals surface area contributed by atoms with Gasteiger partial charge in [-0.1, -0.05) is 120 Å². The Bertz CT molecular complexity index is 4140. The SMILES string of the molecule is C=C1[C@@H](OC(=O)/C=C\c2ccccc2)C[C@H](OC(C)=O)[C@]2(C)[C@@H]1C[C@@H]1C[C@H](OC(=O)CCC(=O)O[C@H]3C(=O)[C@@]4(C)[C@H]([C@H](OC(=O)c5ccccc5)[C@]5(O)C[C@H](OC(=O)[C@H](O)[C@@H](NC(=O)OC(C)(C)C)c6ccccc6)C(C)=C3C5(C)C)[C@]3(OC(C)=O)CO[C@@H]3C[C@@H]4O)C(C)=C([C@@H](OC(C)=O)[C@@H]2OC(C)=O)C1(C)C. The van der Waals surface area contributed by atoms with Crippen molar-refractivity contribution >= 4 is 71.7 Å². The van der Waals surface area contributed by atoms with Gasteiger partial charge in [-0.15, -0.1) is 0 Å². The second-order valence-electron chi connectivity index (χ2n) is 32.1. The number of hydrogen-bond donors (Lipinski definition) is 4. The number of Topliss-reactive ketones (excluding diaryl/α,β-unsaturated/α-hetero) is 1. The van der Waals surface area contributed by atoms with E-state index in [-0.39, 0.29) is 48.0 Å². The number of alkyl carbamates (subject to hydrolysis) is 1. The quantitative estimate of drug-likeness (QED) is 0.0376. The van der Waals surface area contributed by atoms with E-state index in [4.69, 9.17) is 52.1 Å². The van der Waals surface area contributed by atoms with Gasteiger partial charge in [0.15, 0.2) is 35.8 Å². The minimum absolute atomic E-state index is 0.0114. The number of nitrogens with one attached hydrogen (secondary N) is 1. The first-order chi connectivity index (χ1) is 50.5. The van der Waals surface area contributed by atoms with Crippen LogP contribution in [0.5, 0.6) is 0 Å². The first-order valence-electron chi connectivity index (χ1n) is 36.4. The van der Waals surface area contributed by atoms with Crippen LogP contribution < -0.4 is 5.32 Å². The van der Waals surface area contributed by atoms with Crippen LogP contribution in [0.1, 0.15) is 176 Å². The largest absolute Gasteiger partial charge is 0.462 e. The maximum Gasteiger partial charge on any atom is 0.408 e. The van der Waals surface area contributed by atoms with E-state index in [2.05, 4.69) is 11.9 Å². The van der Waals surface area contributed by atoms with Gasteiger partial charge in [0, 0.05) is 58.4 Å². The summed E-state index contributed by atoms with van der Waals surface area (Å²) < 4.78 is 68.2. The van der Waals surface area contributed by atoms with Crippen molar-refractivity contribution in [2.75, 3.05) is 6.61 Å². The molecule has 1 aliphatic heterocycles. The van der Waals surface area contributed by atoms with E-state index in [1.165, 1.54) is 78.8 Å². The third-order valence-corrected chi connectivity index (χ3v) is 23.5. The lowest BCUT2D eigenvalue weighted by molar-refractivity contribution is -0.346. The van der Waals surface area contributed by atoms with Crippen LogP contribution in [0.3, 0.4) is 0 Å². The summed E-state index contributed by atoms with van der Waals surface area (Å²) in [6.07, 6.45) is -18.0. The predicted octanol–water partition coefficient (Wildman–Crippen LogP) is 9.27.